The largest absolute Gasteiger partial charge is 0.344 e. The van der Waals surface area contributed by atoms with Gasteiger partial charge in [-0.3, -0.25) is 0 Å². The fourth-order valence-electron chi connectivity index (χ4n) is 7.01. The third-order valence-electron chi connectivity index (χ3n) is 7.73. The van der Waals surface area contributed by atoms with Crippen LogP contribution in [0.15, 0.2) is 0 Å². The summed E-state index contributed by atoms with van der Waals surface area (Å²) in [5.41, 5.74) is 0.836. The minimum atomic E-state index is -0.409. The molecule has 3 saturated carbocycles. The second-order valence-corrected chi connectivity index (χ2v) is 9.34. The molecule has 6 atom stereocenters. The van der Waals surface area contributed by atoms with Gasteiger partial charge in [-0.2, -0.15) is 0 Å². The Morgan fingerprint density at radius 1 is 0.900 bits per heavy atom. The van der Waals surface area contributed by atoms with E-state index in [9.17, 15) is 0 Å². The Labute approximate surface area is 123 Å². The highest BCUT2D eigenvalue weighted by atomic mass is 16.8. The van der Waals surface area contributed by atoms with E-state index in [1.165, 1.54) is 25.7 Å². The van der Waals surface area contributed by atoms with Gasteiger partial charge in [-0.1, -0.05) is 20.8 Å². The first-order valence-corrected chi connectivity index (χ1v) is 8.50. The van der Waals surface area contributed by atoms with Crippen molar-refractivity contribution in [3.8, 4) is 0 Å². The third kappa shape index (κ3) is 1.34. The van der Waals surface area contributed by atoms with Crippen LogP contribution >= 0.6 is 0 Å². The van der Waals surface area contributed by atoms with Crippen LogP contribution in [0.25, 0.3) is 0 Å². The molecule has 3 aliphatic carbocycles. The first kappa shape index (κ1) is 13.6. The van der Waals surface area contributed by atoms with Gasteiger partial charge in [-0.05, 0) is 75.0 Å². The van der Waals surface area contributed by atoms with Gasteiger partial charge in [0.25, 0.3) is 0 Å². The predicted molar refractivity (Wildman–Crippen MR) is 79.3 cm³/mol. The van der Waals surface area contributed by atoms with Crippen molar-refractivity contribution in [2.75, 3.05) is 0 Å². The van der Waals surface area contributed by atoms with Gasteiger partial charge in [0, 0.05) is 0 Å². The van der Waals surface area contributed by atoms with Crippen LogP contribution in [0.5, 0.6) is 0 Å². The quantitative estimate of drug-likeness (QED) is 0.654. The lowest BCUT2D eigenvalue weighted by atomic mass is 9.63. The van der Waals surface area contributed by atoms with E-state index in [4.69, 9.17) is 9.47 Å². The molecule has 20 heavy (non-hydrogen) atoms. The summed E-state index contributed by atoms with van der Waals surface area (Å²) in [7, 11) is 0. The van der Waals surface area contributed by atoms with Crippen LogP contribution in [0.3, 0.4) is 0 Å². The molecule has 1 heterocycles. The van der Waals surface area contributed by atoms with Crippen molar-refractivity contribution in [2.45, 2.75) is 84.7 Å². The minimum Gasteiger partial charge on any atom is -0.344 e. The van der Waals surface area contributed by atoms with Gasteiger partial charge in [-0.25, -0.2) is 0 Å². The number of hydrogen-bond donors (Lipinski definition) is 0. The fraction of sp³-hybridized carbons (Fsp3) is 1.00. The Bertz CT molecular complexity index is 454. The lowest BCUT2D eigenvalue weighted by molar-refractivity contribution is -0.177. The molecule has 4 fully saturated rings. The Hall–Kier alpha value is -0.0800. The van der Waals surface area contributed by atoms with E-state index in [0.717, 1.165) is 11.8 Å². The number of hydrogen-bond acceptors (Lipinski definition) is 2. The minimum absolute atomic E-state index is 0.0810. The fourth-order valence-corrected chi connectivity index (χ4v) is 7.01. The Morgan fingerprint density at radius 3 is 2.30 bits per heavy atom. The molecule has 1 aliphatic heterocycles. The highest BCUT2D eigenvalue weighted by molar-refractivity contribution is 5.21. The second-order valence-electron chi connectivity index (χ2n) is 9.34. The first-order valence-electron chi connectivity index (χ1n) is 8.50. The summed E-state index contributed by atoms with van der Waals surface area (Å²) in [6.07, 6.45) is 5.70. The molecular formula is C18H30O2. The van der Waals surface area contributed by atoms with Gasteiger partial charge in [0.2, 0.25) is 0 Å². The monoisotopic (exact) mass is 278 g/mol. The summed E-state index contributed by atoms with van der Waals surface area (Å²) in [5, 5.41) is 0. The Kier molecular flexibility index (Phi) is 2.35. The van der Waals surface area contributed by atoms with Crippen molar-refractivity contribution in [2.24, 2.45) is 28.6 Å². The topological polar surface area (TPSA) is 18.5 Å². The van der Waals surface area contributed by atoms with E-state index in [-0.39, 0.29) is 5.60 Å². The van der Waals surface area contributed by atoms with Gasteiger partial charge in [0.05, 0.1) is 11.7 Å². The molecule has 0 radical (unpaired) electrons. The van der Waals surface area contributed by atoms with Crippen LogP contribution in [0.4, 0.5) is 0 Å². The maximum absolute atomic E-state index is 6.48. The zero-order valence-electron chi connectivity index (χ0n) is 14.0. The molecule has 0 aromatic rings. The normalized spacial score (nSPS) is 58.5. The maximum atomic E-state index is 6.48. The van der Waals surface area contributed by atoms with E-state index in [0.29, 0.717) is 22.9 Å². The molecular weight excluding hydrogens is 248 g/mol. The van der Waals surface area contributed by atoms with Crippen LogP contribution in [0.2, 0.25) is 0 Å². The molecule has 1 saturated heterocycles. The van der Waals surface area contributed by atoms with E-state index >= 15 is 0 Å². The maximum Gasteiger partial charge on any atom is 0.164 e. The molecule has 0 N–H and O–H groups in total. The highest BCUT2D eigenvalue weighted by Crippen LogP contribution is 2.75. The summed E-state index contributed by atoms with van der Waals surface area (Å²) in [4.78, 5) is 0. The Balaban J connectivity index is 1.82. The van der Waals surface area contributed by atoms with Crippen molar-refractivity contribution < 1.29 is 9.47 Å². The number of fused-ring (bicyclic) bond motifs is 3. The number of rotatable bonds is 0. The molecule has 2 bridgehead atoms. The molecule has 1 spiro atoms. The standard InChI is InChI=1S/C18H30O2/c1-11-7-8-12-15(2,3)13-9-18(11,12)10-14-17(13,6)20-16(4,5)19-14/h11-14H,7-10H2,1-6H3/t11-,12+,13-,14+,17-,18-/m1/s1. The van der Waals surface area contributed by atoms with Crippen LogP contribution in [-0.2, 0) is 9.47 Å². The summed E-state index contributed by atoms with van der Waals surface area (Å²) >= 11 is 0. The van der Waals surface area contributed by atoms with Crippen molar-refractivity contribution in [3.05, 3.63) is 0 Å². The number of ether oxygens (including phenoxy) is 2. The molecule has 114 valence electrons. The SMILES string of the molecule is C[C@@H]1CC[C@H]2C(C)(C)[C@H]3C[C@@]12C[C@@H]1OC(C)(C)O[C@@]13C. The zero-order chi connectivity index (χ0) is 14.6. The Morgan fingerprint density at radius 2 is 1.60 bits per heavy atom. The zero-order valence-corrected chi connectivity index (χ0v) is 14.0. The second kappa shape index (κ2) is 3.46. The molecule has 0 unspecified atom stereocenters. The van der Waals surface area contributed by atoms with Crippen molar-refractivity contribution in [3.63, 3.8) is 0 Å². The van der Waals surface area contributed by atoms with Crippen molar-refractivity contribution in [1.82, 2.24) is 0 Å². The molecule has 4 rings (SSSR count). The highest BCUT2D eigenvalue weighted by Gasteiger charge is 2.73. The average molecular weight is 278 g/mol. The van der Waals surface area contributed by atoms with E-state index in [1.54, 1.807) is 0 Å². The van der Waals surface area contributed by atoms with E-state index in [2.05, 4.69) is 41.5 Å². The lowest BCUT2D eigenvalue weighted by Gasteiger charge is -2.47. The van der Waals surface area contributed by atoms with Crippen LogP contribution < -0.4 is 0 Å². The summed E-state index contributed by atoms with van der Waals surface area (Å²) in [5.74, 6) is 1.96. The van der Waals surface area contributed by atoms with Crippen molar-refractivity contribution >= 4 is 0 Å². The van der Waals surface area contributed by atoms with Gasteiger partial charge < -0.3 is 9.47 Å². The predicted octanol–water partition coefficient (Wildman–Crippen LogP) is 4.38. The molecule has 2 nitrogen and oxygen atoms in total. The first-order chi connectivity index (χ1) is 9.12. The lowest BCUT2D eigenvalue weighted by Crippen LogP contribution is -2.52. The van der Waals surface area contributed by atoms with Gasteiger partial charge >= 0.3 is 0 Å². The molecule has 0 aromatic heterocycles. The molecule has 0 amide bonds. The third-order valence-corrected chi connectivity index (χ3v) is 7.73. The average Bonchev–Trinajstić information content (AvgIpc) is 2.80. The van der Waals surface area contributed by atoms with Crippen LogP contribution in [0, 0.1) is 28.6 Å². The molecule has 2 heteroatoms. The summed E-state index contributed by atoms with van der Waals surface area (Å²) in [6.45, 7) is 14.0. The van der Waals surface area contributed by atoms with Gasteiger partial charge in [0.1, 0.15) is 0 Å². The van der Waals surface area contributed by atoms with Crippen molar-refractivity contribution in [1.29, 1.82) is 0 Å². The summed E-state index contributed by atoms with van der Waals surface area (Å²) < 4.78 is 12.8. The van der Waals surface area contributed by atoms with Crippen LogP contribution in [-0.4, -0.2) is 17.5 Å². The smallest absolute Gasteiger partial charge is 0.164 e. The van der Waals surface area contributed by atoms with Gasteiger partial charge in [-0.15, -0.1) is 0 Å². The molecule has 4 aliphatic rings. The van der Waals surface area contributed by atoms with E-state index in [1.807, 2.05) is 0 Å². The van der Waals surface area contributed by atoms with E-state index < -0.39 is 5.79 Å². The van der Waals surface area contributed by atoms with Crippen LogP contribution in [0.1, 0.15) is 67.2 Å². The van der Waals surface area contributed by atoms with Gasteiger partial charge in [0.15, 0.2) is 5.79 Å². The summed E-state index contributed by atoms with van der Waals surface area (Å²) in [6, 6.07) is 0. The molecule has 0 aromatic carbocycles.